The maximum Gasteiger partial charge on any atom is 0.250 e. The van der Waals surface area contributed by atoms with Crippen LogP contribution >= 0.6 is 0 Å². The highest BCUT2D eigenvalue weighted by Crippen LogP contribution is 2.50. The summed E-state index contributed by atoms with van der Waals surface area (Å²) >= 11 is 0. The number of carbonyl (C=O) groups is 2. The predicted molar refractivity (Wildman–Crippen MR) is 188 cm³/mol. The summed E-state index contributed by atoms with van der Waals surface area (Å²) in [5, 5.41) is 6.35. The van der Waals surface area contributed by atoms with Gasteiger partial charge in [0, 0.05) is 62.8 Å². The van der Waals surface area contributed by atoms with Gasteiger partial charge in [0.1, 0.15) is 0 Å². The number of aryl methyl sites for hydroxylation is 1. The van der Waals surface area contributed by atoms with Crippen LogP contribution in [0.15, 0.2) is 52.1 Å². The minimum atomic E-state index is -0.371. The lowest BCUT2D eigenvalue weighted by Gasteiger charge is -2.42. The zero-order chi connectivity index (χ0) is 34.7. The first-order valence-electron chi connectivity index (χ1n) is 17.2. The van der Waals surface area contributed by atoms with Crippen molar-refractivity contribution in [2.45, 2.75) is 70.4 Å². The SMILES string of the molecule is COc1cc2c(c(OC)c1OC)-c1ccc(NCCCCCC(=O)N3C[C@@H]4C[C@H](C3)c3cccc(=O)n3C4)c(=O)cc1[C@@H](NC(C)=O)CC2. The van der Waals surface area contributed by atoms with Gasteiger partial charge in [0.15, 0.2) is 11.5 Å². The molecule has 0 spiro atoms. The molecular formula is C38H46N4O7. The van der Waals surface area contributed by atoms with Crippen LogP contribution in [0.2, 0.25) is 0 Å². The van der Waals surface area contributed by atoms with Gasteiger partial charge in [-0.05, 0) is 79.0 Å². The summed E-state index contributed by atoms with van der Waals surface area (Å²) in [4.78, 5) is 53.2. The Kier molecular flexibility index (Phi) is 10.3. The number of likely N-dealkylation sites (tertiary alicyclic amines) is 1. The van der Waals surface area contributed by atoms with Gasteiger partial charge in [-0.2, -0.15) is 0 Å². The van der Waals surface area contributed by atoms with E-state index < -0.39 is 0 Å². The first-order valence-corrected chi connectivity index (χ1v) is 17.2. The van der Waals surface area contributed by atoms with Crippen LogP contribution in [0.25, 0.3) is 11.1 Å². The number of unbranched alkanes of at least 4 members (excludes halogenated alkanes) is 2. The van der Waals surface area contributed by atoms with Crippen molar-refractivity contribution in [2.24, 2.45) is 5.92 Å². The summed E-state index contributed by atoms with van der Waals surface area (Å²) in [7, 11) is 4.72. The van der Waals surface area contributed by atoms with Gasteiger partial charge in [0.2, 0.25) is 23.0 Å². The van der Waals surface area contributed by atoms with Gasteiger partial charge < -0.3 is 34.3 Å². The third-order valence-corrected chi connectivity index (χ3v) is 10.1. The molecule has 260 valence electrons. The van der Waals surface area contributed by atoms with Gasteiger partial charge in [-0.3, -0.25) is 19.2 Å². The number of carbonyl (C=O) groups excluding carboxylic acids is 2. The summed E-state index contributed by atoms with van der Waals surface area (Å²) in [6, 6.07) is 12.3. The van der Waals surface area contributed by atoms with Crippen LogP contribution < -0.4 is 35.8 Å². The number of nitrogens with one attached hydrogen (secondary N) is 2. The molecule has 2 aliphatic heterocycles. The molecule has 3 aromatic rings. The Morgan fingerprint density at radius 1 is 0.918 bits per heavy atom. The number of ether oxygens (including phenoxy) is 3. The summed E-state index contributed by atoms with van der Waals surface area (Å²) < 4.78 is 19.0. The van der Waals surface area contributed by atoms with Crippen molar-refractivity contribution >= 4 is 17.5 Å². The molecule has 6 rings (SSSR count). The lowest BCUT2D eigenvalue weighted by molar-refractivity contribution is -0.134. The van der Waals surface area contributed by atoms with E-state index in [0.29, 0.717) is 79.9 Å². The van der Waals surface area contributed by atoms with E-state index in [9.17, 15) is 19.2 Å². The monoisotopic (exact) mass is 670 g/mol. The average Bonchev–Trinajstić information content (AvgIpc) is 3.33. The van der Waals surface area contributed by atoms with Crippen molar-refractivity contribution in [3.05, 3.63) is 79.9 Å². The fourth-order valence-corrected chi connectivity index (χ4v) is 7.91. The quantitative estimate of drug-likeness (QED) is 0.283. The van der Waals surface area contributed by atoms with Crippen LogP contribution in [0.3, 0.4) is 0 Å². The molecule has 2 bridgehead atoms. The number of fused-ring (bicyclic) bond motifs is 7. The normalized spacial score (nSPS) is 19.0. The summed E-state index contributed by atoms with van der Waals surface area (Å²) in [5.74, 6) is 2.05. The standard InChI is InChI=1S/C38H46N4O7/c1-23(43)40-29-14-12-25-18-33(47-2)37(48-3)38(49-4)36(25)27-13-15-30(32(44)19-28(27)29)39-16-7-5-6-10-34(45)41-20-24-17-26(22-41)31-9-8-11-35(46)42(31)21-24/h8-9,11,13,15,18-19,24,26,29H,5-7,10,12,14,16-17,20-22H2,1-4H3,(H,39,44)(H,40,43)/t24-,26+,29-/m0/s1. The zero-order valence-corrected chi connectivity index (χ0v) is 28.8. The fourth-order valence-electron chi connectivity index (χ4n) is 7.91. The Balaban J connectivity index is 1.11. The van der Waals surface area contributed by atoms with E-state index in [1.54, 1.807) is 39.5 Å². The number of pyridine rings is 1. The third-order valence-electron chi connectivity index (χ3n) is 10.1. The molecule has 2 amide bonds. The smallest absolute Gasteiger partial charge is 0.250 e. The second kappa shape index (κ2) is 14.8. The van der Waals surface area contributed by atoms with Crippen LogP contribution in [0.5, 0.6) is 17.2 Å². The zero-order valence-electron chi connectivity index (χ0n) is 28.8. The molecule has 3 heterocycles. The van der Waals surface area contributed by atoms with Crippen LogP contribution in [-0.2, 0) is 22.6 Å². The maximum absolute atomic E-state index is 13.6. The Hall–Kier alpha value is -4.80. The minimum absolute atomic E-state index is 0.0467. The van der Waals surface area contributed by atoms with Crippen molar-refractivity contribution in [1.29, 1.82) is 0 Å². The highest BCUT2D eigenvalue weighted by molar-refractivity contribution is 5.84. The lowest BCUT2D eigenvalue weighted by Crippen LogP contribution is -2.49. The van der Waals surface area contributed by atoms with Crippen LogP contribution in [-0.4, -0.2) is 62.2 Å². The second-order valence-electron chi connectivity index (χ2n) is 13.3. The first kappa shape index (κ1) is 34.1. The first-order chi connectivity index (χ1) is 23.7. The van der Waals surface area contributed by atoms with Gasteiger partial charge in [-0.1, -0.05) is 18.6 Å². The number of piperidine rings is 1. The maximum atomic E-state index is 13.6. The molecule has 11 heteroatoms. The number of methoxy groups -OCH3 is 3. The largest absolute Gasteiger partial charge is 0.493 e. The van der Waals surface area contributed by atoms with E-state index in [-0.39, 0.29) is 34.8 Å². The van der Waals surface area contributed by atoms with E-state index in [0.717, 1.165) is 48.1 Å². The van der Waals surface area contributed by atoms with Crippen LogP contribution in [0, 0.1) is 5.92 Å². The molecule has 0 radical (unpaired) electrons. The van der Waals surface area contributed by atoms with Crippen molar-refractivity contribution < 1.29 is 23.8 Å². The summed E-state index contributed by atoms with van der Waals surface area (Å²) in [6.45, 7) is 4.11. The summed E-state index contributed by atoms with van der Waals surface area (Å²) in [6.07, 6.45) is 5.15. The molecule has 49 heavy (non-hydrogen) atoms. The molecule has 1 saturated heterocycles. The Morgan fingerprint density at radius 3 is 2.49 bits per heavy atom. The van der Waals surface area contributed by atoms with E-state index in [4.69, 9.17) is 14.2 Å². The molecule has 2 N–H and O–H groups in total. The number of hydrogen-bond acceptors (Lipinski definition) is 8. The van der Waals surface area contributed by atoms with E-state index in [2.05, 4.69) is 10.6 Å². The Labute approximate surface area is 286 Å². The molecule has 3 aliphatic rings. The number of hydrogen-bond donors (Lipinski definition) is 2. The van der Waals surface area contributed by atoms with Crippen LogP contribution in [0.1, 0.15) is 74.2 Å². The number of aromatic nitrogens is 1. The highest BCUT2D eigenvalue weighted by atomic mass is 16.5. The average molecular weight is 671 g/mol. The number of benzene rings is 1. The molecular weight excluding hydrogens is 624 g/mol. The van der Waals surface area contributed by atoms with Crippen molar-refractivity contribution in [3.8, 4) is 28.4 Å². The number of rotatable bonds is 11. The van der Waals surface area contributed by atoms with E-state index >= 15 is 0 Å². The fraction of sp³-hybridized carbons (Fsp3) is 0.474. The minimum Gasteiger partial charge on any atom is -0.493 e. The molecule has 3 atom stereocenters. The predicted octanol–water partition coefficient (Wildman–Crippen LogP) is 4.64. The molecule has 0 saturated carbocycles. The number of amides is 2. The van der Waals surface area contributed by atoms with Crippen LogP contribution in [0.4, 0.5) is 5.69 Å². The highest BCUT2D eigenvalue weighted by Gasteiger charge is 2.36. The van der Waals surface area contributed by atoms with Gasteiger partial charge in [-0.25, -0.2) is 0 Å². The molecule has 2 aromatic carbocycles. The molecule has 1 aromatic heterocycles. The summed E-state index contributed by atoms with van der Waals surface area (Å²) in [5.41, 5.74) is 4.66. The Bertz CT molecular complexity index is 1860. The van der Waals surface area contributed by atoms with Gasteiger partial charge >= 0.3 is 0 Å². The topological polar surface area (TPSA) is 128 Å². The second-order valence-corrected chi connectivity index (χ2v) is 13.3. The Morgan fingerprint density at radius 2 is 1.73 bits per heavy atom. The van der Waals surface area contributed by atoms with Crippen molar-refractivity contribution in [3.63, 3.8) is 0 Å². The molecule has 11 nitrogen and oxygen atoms in total. The van der Waals surface area contributed by atoms with Gasteiger partial charge in [0.25, 0.3) is 5.56 Å². The van der Waals surface area contributed by atoms with Gasteiger partial charge in [-0.15, -0.1) is 0 Å². The lowest BCUT2D eigenvalue weighted by atomic mass is 9.83. The number of anilines is 1. The van der Waals surface area contributed by atoms with E-state index in [1.165, 1.54) is 6.92 Å². The van der Waals surface area contributed by atoms with Crippen molar-refractivity contribution in [1.82, 2.24) is 14.8 Å². The molecule has 1 fully saturated rings. The van der Waals surface area contributed by atoms with E-state index in [1.807, 2.05) is 33.7 Å². The molecule has 1 aliphatic carbocycles. The number of nitrogens with zero attached hydrogens (tertiary/aromatic N) is 2. The molecule has 0 unspecified atom stereocenters. The van der Waals surface area contributed by atoms with Crippen molar-refractivity contribution in [2.75, 3.05) is 46.3 Å². The third kappa shape index (κ3) is 7.02. The van der Waals surface area contributed by atoms with Gasteiger partial charge in [0.05, 0.1) is 33.1 Å².